The molecule has 1 aromatic heterocycles. The Balaban J connectivity index is 2.29. The van der Waals surface area contributed by atoms with Crippen molar-refractivity contribution in [2.24, 2.45) is 5.92 Å². The van der Waals surface area contributed by atoms with E-state index in [1.807, 2.05) is 0 Å². The molecular weight excluding hydrogens is 170 g/mol. The van der Waals surface area contributed by atoms with Gasteiger partial charge in [-0.05, 0) is 31.4 Å². The van der Waals surface area contributed by atoms with E-state index in [0.717, 1.165) is 5.92 Å². The van der Waals surface area contributed by atoms with Crippen LogP contribution >= 0.6 is 0 Å². The lowest BCUT2D eigenvalue weighted by atomic mass is 9.97. The van der Waals surface area contributed by atoms with Crippen LogP contribution < -0.4 is 0 Å². The van der Waals surface area contributed by atoms with Gasteiger partial charge in [-0.25, -0.2) is 0 Å². The quantitative estimate of drug-likeness (QED) is 0.636. The van der Waals surface area contributed by atoms with E-state index in [1.165, 1.54) is 25.7 Å². The summed E-state index contributed by atoms with van der Waals surface area (Å²) in [5, 5.41) is 0. The Kier molecular flexibility index (Phi) is 4.78. The maximum absolute atomic E-state index is 2.37. The van der Waals surface area contributed by atoms with Gasteiger partial charge in [-0.3, -0.25) is 0 Å². The Hall–Kier alpha value is -0.720. The SMILES string of the molecule is CCCCC(C)CC(C)n1cccc1. The van der Waals surface area contributed by atoms with Gasteiger partial charge in [-0.15, -0.1) is 0 Å². The number of unbranched alkanes of at least 4 members (excludes halogenated alkanes) is 1. The maximum Gasteiger partial charge on any atom is 0.0304 e. The lowest BCUT2D eigenvalue weighted by molar-refractivity contribution is 0.381. The summed E-state index contributed by atoms with van der Waals surface area (Å²) in [4.78, 5) is 0. The van der Waals surface area contributed by atoms with Gasteiger partial charge in [-0.1, -0.05) is 33.1 Å². The van der Waals surface area contributed by atoms with Gasteiger partial charge in [-0.2, -0.15) is 0 Å². The van der Waals surface area contributed by atoms with Crippen LogP contribution in [-0.2, 0) is 0 Å². The Morgan fingerprint density at radius 2 is 1.79 bits per heavy atom. The summed E-state index contributed by atoms with van der Waals surface area (Å²) in [6.45, 7) is 6.94. The minimum Gasteiger partial charge on any atom is -0.352 e. The van der Waals surface area contributed by atoms with Crippen LogP contribution in [0.1, 0.15) is 52.5 Å². The Morgan fingerprint density at radius 3 is 2.36 bits per heavy atom. The number of aromatic nitrogens is 1. The predicted molar refractivity (Wildman–Crippen MR) is 62.4 cm³/mol. The van der Waals surface area contributed by atoms with Crippen molar-refractivity contribution in [1.29, 1.82) is 0 Å². The molecule has 1 heterocycles. The van der Waals surface area contributed by atoms with Crippen LogP contribution in [0.2, 0.25) is 0 Å². The van der Waals surface area contributed by atoms with Crippen molar-refractivity contribution in [2.75, 3.05) is 0 Å². The van der Waals surface area contributed by atoms with Gasteiger partial charge < -0.3 is 4.57 Å². The predicted octanol–water partition coefficient (Wildman–Crippen LogP) is 4.27. The molecule has 1 heteroatoms. The zero-order chi connectivity index (χ0) is 10.4. The molecule has 0 aliphatic rings. The van der Waals surface area contributed by atoms with Crippen molar-refractivity contribution in [1.82, 2.24) is 4.57 Å². The summed E-state index contributed by atoms with van der Waals surface area (Å²) in [5.41, 5.74) is 0. The summed E-state index contributed by atoms with van der Waals surface area (Å²) in [7, 11) is 0. The molecule has 0 aliphatic carbocycles. The second-order valence-corrected chi connectivity index (χ2v) is 4.46. The molecule has 0 fully saturated rings. The smallest absolute Gasteiger partial charge is 0.0304 e. The first-order valence-corrected chi connectivity index (χ1v) is 5.86. The van der Waals surface area contributed by atoms with E-state index in [0.29, 0.717) is 6.04 Å². The monoisotopic (exact) mass is 193 g/mol. The van der Waals surface area contributed by atoms with Crippen molar-refractivity contribution in [3.63, 3.8) is 0 Å². The summed E-state index contributed by atoms with van der Waals surface area (Å²) < 4.78 is 2.31. The molecule has 2 atom stereocenters. The average Bonchev–Trinajstić information content (AvgIpc) is 2.67. The van der Waals surface area contributed by atoms with Crippen LogP contribution in [0.3, 0.4) is 0 Å². The first kappa shape index (κ1) is 11.4. The van der Waals surface area contributed by atoms with Crippen LogP contribution in [-0.4, -0.2) is 4.57 Å². The number of hydrogen-bond acceptors (Lipinski definition) is 0. The molecule has 1 nitrogen and oxygen atoms in total. The summed E-state index contributed by atoms with van der Waals surface area (Å²) in [6.07, 6.45) is 9.70. The molecule has 0 saturated heterocycles. The van der Waals surface area contributed by atoms with Crippen molar-refractivity contribution in [3.8, 4) is 0 Å². The lowest BCUT2D eigenvalue weighted by Crippen LogP contribution is -2.07. The lowest BCUT2D eigenvalue weighted by Gasteiger charge is -2.18. The maximum atomic E-state index is 2.37. The van der Waals surface area contributed by atoms with Gasteiger partial charge in [0.25, 0.3) is 0 Å². The molecule has 1 aromatic rings. The molecule has 0 saturated carbocycles. The molecule has 0 amide bonds. The normalized spacial score (nSPS) is 15.4. The van der Waals surface area contributed by atoms with Crippen LogP contribution in [0.25, 0.3) is 0 Å². The minimum absolute atomic E-state index is 0.650. The highest BCUT2D eigenvalue weighted by atomic mass is 15.0. The number of hydrogen-bond donors (Lipinski definition) is 0. The molecule has 80 valence electrons. The first-order chi connectivity index (χ1) is 6.74. The van der Waals surface area contributed by atoms with Gasteiger partial charge in [0.1, 0.15) is 0 Å². The van der Waals surface area contributed by atoms with E-state index in [1.54, 1.807) is 0 Å². The third-order valence-electron chi connectivity index (χ3n) is 2.93. The fourth-order valence-electron chi connectivity index (χ4n) is 2.02. The standard InChI is InChI=1S/C13H23N/c1-4-5-8-12(2)11-13(3)14-9-6-7-10-14/h6-7,9-10,12-13H,4-5,8,11H2,1-3H3. The van der Waals surface area contributed by atoms with Crippen LogP contribution in [0.4, 0.5) is 0 Å². The van der Waals surface area contributed by atoms with E-state index in [4.69, 9.17) is 0 Å². The second kappa shape index (κ2) is 5.90. The molecule has 1 rings (SSSR count). The molecule has 0 aliphatic heterocycles. The zero-order valence-corrected chi connectivity index (χ0v) is 9.74. The third-order valence-corrected chi connectivity index (χ3v) is 2.93. The van der Waals surface area contributed by atoms with E-state index in [-0.39, 0.29) is 0 Å². The Bertz CT molecular complexity index is 225. The van der Waals surface area contributed by atoms with E-state index in [9.17, 15) is 0 Å². The fourth-order valence-corrected chi connectivity index (χ4v) is 2.02. The zero-order valence-electron chi connectivity index (χ0n) is 9.74. The first-order valence-electron chi connectivity index (χ1n) is 5.86. The van der Waals surface area contributed by atoms with Crippen molar-refractivity contribution < 1.29 is 0 Å². The summed E-state index contributed by atoms with van der Waals surface area (Å²) >= 11 is 0. The van der Waals surface area contributed by atoms with Gasteiger partial charge in [0, 0.05) is 18.4 Å². The largest absolute Gasteiger partial charge is 0.352 e. The Morgan fingerprint density at radius 1 is 1.14 bits per heavy atom. The van der Waals surface area contributed by atoms with Crippen LogP contribution in [0.5, 0.6) is 0 Å². The molecule has 2 unspecified atom stereocenters. The van der Waals surface area contributed by atoms with E-state index >= 15 is 0 Å². The second-order valence-electron chi connectivity index (χ2n) is 4.46. The van der Waals surface area contributed by atoms with E-state index < -0.39 is 0 Å². The molecule has 0 N–H and O–H groups in total. The van der Waals surface area contributed by atoms with Gasteiger partial charge in [0.15, 0.2) is 0 Å². The molecule has 0 bridgehead atoms. The number of rotatable bonds is 6. The fraction of sp³-hybridized carbons (Fsp3) is 0.692. The molecular formula is C13H23N. The van der Waals surface area contributed by atoms with E-state index in [2.05, 4.69) is 49.9 Å². The van der Waals surface area contributed by atoms with Gasteiger partial charge >= 0.3 is 0 Å². The highest BCUT2D eigenvalue weighted by Gasteiger charge is 2.08. The Labute approximate surface area is 88.1 Å². The van der Waals surface area contributed by atoms with Gasteiger partial charge in [0.05, 0.1) is 0 Å². The highest BCUT2D eigenvalue weighted by Crippen LogP contribution is 2.21. The minimum atomic E-state index is 0.650. The molecule has 0 spiro atoms. The van der Waals surface area contributed by atoms with Crippen molar-refractivity contribution in [3.05, 3.63) is 24.5 Å². The molecule has 14 heavy (non-hydrogen) atoms. The van der Waals surface area contributed by atoms with Gasteiger partial charge in [0.2, 0.25) is 0 Å². The topological polar surface area (TPSA) is 4.93 Å². The third kappa shape index (κ3) is 3.57. The summed E-state index contributed by atoms with van der Waals surface area (Å²) in [6, 6.07) is 4.86. The van der Waals surface area contributed by atoms with Crippen LogP contribution in [0, 0.1) is 5.92 Å². The summed E-state index contributed by atoms with van der Waals surface area (Å²) in [5.74, 6) is 0.854. The number of nitrogens with zero attached hydrogens (tertiary/aromatic N) is 1. The van der Waals surface area contributed by atoms with Crippen molar-refractivity contribution in [2.45, 2.75) is 52.5 Å². The highest BCUT2D eigenvalue weighted by molar-refractivity contribution is 4.92. The molecule has 0 aromatic carbocycles. The average molecular weight is 193 g/mol. The molecule has 0 radical (unpaired) electrons. The van der Waals surface area contributed by atoms with Crippen molar-refractivity contribution >= 4 is 0 Å². The van der Waals surface area contributed by atoms with Crippen LogP contribution in [0.15, 0.2) is 24.5 Å².